The lowest BCUT2D eigenvalue weighted by molar-refractivity contribution is -0.148. The zero-order valence-electron chi connectivity index (χ0n) is 13.6. The SMILES string of the molecule is CC/C=C/C(=O)O[C@@H](C)C(=O)Nc1nc(-c2ccc(F)c(F)c2)cs1. The van der Waals surface area contributed by atoms with Gasteiger partial charge in [-0.25, -0.2) is 18.6 Å². The van der Waals surface area contributed by atoms with Crippen molar-refractivity contribution in [3.05, 3.63) is 47.4 Å². The summed E-state index contributed by atoms with van der Waals surface area (Å²) in [6.45, 7) is 3.31. The number of hydrogen-bond donors (Lipinski definition) is 1. The molecule has 0 saturated heterocycles. The zero-order valence-corrected chi connectivity index (χ0v) is 14.4. The molecule has 1 N–H and O–H groups in total. The average molecular weight is 366 g/mol. The van der Waals surface area contributed by atoms with Gasteiger partial charge in [-0.15, -0.1) is 11.3 Å². The van der Waals surface area contributed by atoms with Gasteiger partial charge in [0, 0.05) is 17.0 Å². The van der Waals surface area contributed by atoms with E-state index < -0.39 is 29.6 Å². The Hall–Kier alpha value is -2.61. The van der Waals surface area contributed by atoms with E-state index >= 15 is 0 Å². The number of ether oxygens (including phenoxy) is 1. The van der Waals surface area contributed by atoms with Gasteiger partial charge in [-0.05, 0) is 31.5 Å². The summed E-state index contributed by atoms with van der Waals surface area (Å²) in [5, 5.41) is 4.38. The largest absolute Gasteiger partial charge is 0.449 e. The van der Waals surface area contributed by atoms with Gasteiger partial charge in [-0.1, -0.05) is 13.0 Å². The molecular weight excluding hydrogens is 350 g/mol. The molecule has 132 valence electrons. The van der Waals surface area contributed by atoms with Gasteiger partial charge in [-0.3, -0.25) is 10.1 Å². The van der Waals surface area contributed by atoms with Crippen LogP contribution in [0.3, 0.4) is 0 Å². The van der Waals surface area contributed by atoms with Crippen LogP contribution in [0.25, 0.3) is 11.3 Å². The Morgan fingerprint density at radius 2 is 2.12 bits per heavy atom. The molecule has 8 heteroatoms. The van der Waals surface area contributed by atoms with E-state index in [1.807, 2.05) is 6.92 Å². The number of nitrogens with one attached hydrogen (secondary N) is 1. The van der Waals surface area contributed by atoms with Gasteiger partial charge >= 0.3 is 5.97 Å². The number of rotatable bonds is 6. The summed E-state index contributed by atoms with van der Waals surface area (Å²) in [5.41, 5.74) is 0.787. The van der Waals surface area contributed by atoms with Crippen LogP contribution in [0.2, 0.25) is 0 Å². The Morgan fingerprint density at radius 1 is 1.36 bits per heavy atom. The fraction of sp³-hybridized carbons (Fsp3) is 0.235. The minimum absolute atomic E-state index is 0.261. The Balaban J connectivity index is 2.00. The van der Waals surface area contributed by atoms with E-state index in [1.165, 1.54) is 19.1 Å². The fourth-order valence-corrected chi connectivity index (χ4v) is 2.53. The summed E-state index contributed by atoms with van der Waals surface area (Å²) in [6, 6.07) is 3.43. The third-order valence-corrected chi connectivity index (χ3v) is 3.86. The zero-order chi connectivity index (χ0) is 18.4. The first-order chi connectivity index (χ1) is 11.9. The van der Waals surface area contributed by atoms with Crippen LogP contribution in [0.15, 0.2) is 35.7 Å². The molecule has 0 aliphatic heterocycles. The summed E-state index contributed by atoms with van der Waals surface area (Å²) in [5.74, 6) is -3.06. The highest BCUT2D eigenvalue weighted by atomic mass is 32.1. The lowest BCUT2D eigenvalue weighted by atomic mass is 10.2. The molecule has 0 bridgehead atoms. The maximum absolute atomic E-state index is 13.3. The minimum Gasteiger partial charge on any atom is -0.449 e. The molecule has 0 fully saturated rings. The van der Waals surface area contributed by atoms with Crippen LogP contribution in [-0.2, 0) is 14.3 Å². The summed E-state index contributed by atoms with van der Waals surface area (Å²) in [4.78, 5) is 27.6. The molecule has 2 aromatic rings. The molecule has 1 atom stereocenters. The summed E-state index contributed by atoms with van der Waals surface area (Å²) in [6.07, 6.45) is 2.57. The number of nitrogens with zero attached hydrogens (tertiary/aromatic N) is 1. The first-order valence-corrected chi connectivity index (χ1v) is 8.37. The van der Waals surface area contributed by atoms with Gasteiger partial charge in [0.05, 0.1) is 5.69 Å². The fourth-order valence-electron chi connectivity index (χ4n) is 1.81. The smallest absolute Gasteiger partial charge is 0.331 e. The minimum atomic E-state index is -0.996. The Bertz CT molecular complexity index is 805. The van der Waals surface area contributed by atoms with Crippen molar-refractivity contribution in [3.63, 3.8) is 0 Å². The molecule has 1 heterocycles. The molecule has 0 aliphatic carbocycles. The number of amides is 1. The van der Waals surface area contributed by atoms with Crippen LogP contribution in [0.5, 0.6) is 0 Å². The number of esters is 1. The molecule has 0 radical (unpaired) electrons. The van der Waals surface area contributed by atoms with Crippen molar-refractivity contribution in [1.29, 1.82) is 0 Å². The third-order valence-electron chi connectivity index (χ3n) is 3.10. The summed E-state index contributed by atoms with van der Waals surface area (Å²) >= 11 is 1.12. The second-order valence-corrected chi connectivity index (χ2v) is 5.90. The number of hydrogen-bond acceptors (Lipinski definition) is 5. The van der Waals surface area contributed by atoms with Crippen molar-refractivity contribution in [1.82, 2.24) is 4.98 Å². The summed E-state index contributed by atoms with van der Waals surface area (Å²) < 4.78 is 31.2. The van der Waals surface area contributed by atoms with Gasteiger partial charge in [0.1, 0.15) is 0 Å². The number of halogens is 2. The van der Waals surface area contributed by atoms with E-state index in [4.69, 9.17) is 4.74 Å². The van der Waals surface area contributed by atoms with Crippen molar-refractivity contribution in [3.8, 4) is 11.3 Å². The highest BCUT2D eigenvalue weighted by molar-refractivity contribution is 7.14. The van der Waals surface area contributed by atoms with E-state index in [1.54, 1.807) is 11.5 Å². The second kappa shape index (κ2) is 8.48. The van der Waals surface area contributed by atoms with Crippen LogP contribution in [0.1, 0.15) is 20.3 Å². The molecule has 0 unspecified atom stereocenters. The molecule has 25 heavy (non-hydrogen) atoms. The highest BCUT2D eigenvalue weighted by Crippen LogP contribution is 2.26. The van der Waals surface area contributed by atoms with E-state index in [-0.39, 0.29) is 5.13 Å². The van der Waals surface area contributed by atoms with Crippen LogP contribution in [0.4, 0.5) is 13.9 Å². The first kappa shape index (κ1) is 18.7. The number of aromatic nitrogens is 1. The number of carbonyl (C=O) groups excluding carboxylic acids is 2. The number of allylic oxidation sites excluding steroid dienone is 1. The molecule has 0 saturated carbocycles. The van der Waals surface area contributed by atoms with E-state index in [0.29, 0.717) is 17.7 Å². The summed E-state index contributed by atoms with van der Waals surface area (Å²) in [7, 11) is 0. The number of anilines is 1. The Kier molecular flexibility index (Phi) is 6.35. The van der Waals surface area contributed by atoms with Gasteiger partial charge in [-0.2, -0.15) is 0 Å². The quantitative estimate of drug-likeness (QED) is 0.621. The molecule has 2 rings (SSSR count). The highest BCUT2D eigenvalue weighted by Gasteiger charge is 2.18. The van der Waals surface area contributed by atoms with Crippen molar-refractivity contribution in [2.45, 2.75) is 26.4 Å². The lowest BCUT2D eigenvalue weighted by Gasteiger charge is -2.10. The standard InChI is InChI=1S/C17H16F2N2O3S/c1-3-4-5-15(22)24-10(2)16(23)21-17-20-14(9-25-17)11-6-7-12(18)13(19)8-11/h4-10H,3H2,1-2H3,(H,20,21,23)/b5-4+/t10-/m0/s1. The van der Waals surface area contributed by atoms with Gasteiger partial charge < -0.3 is 4.74 Å². The van der Waals surface area contributed by atoms with Crippen molar-refractivity contribution < 1.29 is 23.1 Å². The monoisotopic (exact) mass is 366 g/mol. The molecule has 1 aromatic heterocycles. The number of benzene rings is 1. The van der Waals surface area contributed by atoms with Gasteiger partial charge in [0.25, 0.3) is 5.91 Å². The Labute approximate surface area is 147 Å². The lowest BCUT2D eigenvalue weighted by Crippen LogP contribution is -2.29. The molecule has 0 aliphatic rings. The average Bonchev–Trinajstić information content (AvgIpc) is 3.03. The molecule has 1 aromatic carbocycles. The maximum atomic E-state index is 13.3. The Morgan fingerprint density at radius 3 is 2.80 bits per heavy atom. The van der Waals surface area contributed by atoms with Crippen LogP contribution >= 0.6 is 11.3 Å². The first-order valence-electron chi connectivity index (χ1n) is 7.49. The van der Waals surface area contributed by atoms with Crippen LogP contribution in [-0.4, -0.2) is 23.0 Å². The van der Waals surface area contributed by atoms with Gasteiger partial charge in [0.15, 0.2) is 22.9 Å². The van der Waals surface area contributed by atoms with E-state index in [2.05, 4.69) is 10.3 Å². The normalized spacial score (nSPS) is 12.2. The molecule has 1 amide bonds. The topological polar surface area (TPSA) is 68.3 Å². The third kappa shape index (κ3) is 5.18. The predicted octanol–water partition coefficient (Wildman–Crippen LogP) is 3.92. The molecule has 5 nitrogen and oxygen atoms in total. The molecule has 0 spiro atoms. The number of carbonyl (C=O) groups is 2. The van der Waals surface area contributed by atoms with Gasteiger partial charge in [0.2, 0.25) is 0 Å². The van der Waals surface area contributed by atoms with Crippen molar-refractivity contribution >= 4 is 28.3 Å². The molecular formula is C17H16F2N2O3S. The predicted molar refractivity (Wildman–Crippen MR) is 91.1 cm³/mol. The van der Waals surface area contributed by atoms with E-state index in [9.17, 15) is 18.4 Å². The van der Waals surface area contributed by atoms with E-state index in [0.717, 1.165) is 23.5 Å². The van der Waals surface area contributed by atoms with Crippen molar-refractivity contribution in [2.75, 3.05) is 5.32 Å². The van der Waals surface area contributed by atoms with Crippen molar-refractivity contribution in [2.24, 2.45) is 0 Å². The second-order valence-electron chi connectivity index (χ2n) is 5.05. The maximum Gasteiger partial charge on any atom is 0.331 e. The van der Waals surface area contributed by atoms with Crippen LogP contribution < -0.4 is 5.32 Å². The number of thiazole rings is 1. The van der Waals surface area contributed by atoms with Crippen LogP contribution in [0, 0.1) is 11.6 Å².